The normalized spacial score (nSPS) is 15.2. The zero-order chi connectivity index (χ0) is 14.9. The fourth-order valence-electron chi connectivity index (χ4n) is 1.84. The molecule has 1 saturated heterocycles. The number of rotatable bonds is 4. The second-order valence-electron chi connectivity index (χ2n) is 4.34. The third kappa shape index (κ3) is 2.42. The summed E-state index contributed by atoms with van der Waals surface area (Å²) >= 11 is 0. The Labute approximate surface area is 113 Å². The van der Waals surface area contributed by atoms with Crippen LogP contribution < -0.4 is 0 Å². The van der Waals surface area contributed by atoms with Gasteiger partial charge in [0.05, 0.1) is 6.54 Å². The summed E-state index contributed by atoms with van der Waals surface area (Å²) in [5.74, 6) is -3.08. The summed E-state index contributed by atoms with van der Waals surface area (Å²) in [7, 11) is 1.16. The number of hydrogen-bond donors (Lipinski definition) is 0. The summed E-state index contributed by atoms with van der Waals surface area (Å²) in [6.07, 6.45) is -0.248. The van der Waals surface area contributed by atoms with E-state index >= 15 is 0 Å². The van der Waals surface area contributed by atoms with E-state index in [1.165, 1.54) is 18.2 Å². The van der Waals surface area contributed by atoms with Gasteiger partial charge in [-0.05, 0) is 11.6 Å². The molecule has 1 fully saturated rings. The first-order valence-corrected chi connectivity index (χ1v) is 5.80. The Morgan fingerprint density at radius 2 is 1.80 bits per heavy atom. The maximum Gasteiger partial charge on any atom is 0.334 e. The zero-order valence-corrected chi connectivity index (χ0v) is 10.6. The molecule has 20 heavy (non-hydrogen) atoms. The quantitative estimate of drug-likeness (QED) is 0.588. The minimum atomic E-state index is -1.04. The second kappa shape index (κ2) is 5.20. The van der Waals surface area contributed by atoms with Crippen LogP contribution in [0.3, 0.4) is 0 Å². The molecule has 1 aromatic carbocycles. The Morgan fingerprint density at radius 1 is 1.15 bits per heavy atom. The van der Waals surface area contributed by atoms with Gasteiger partial charge in [-0.15, -0.1) is 0 Å². The van der Waals surface area contributed by atoms with Crippen molar-refractivity contribution in [2.75, 3.05) is 13.6 Å². The van der Waals surface area contributed by atoms with E-state index in [-0.39, 0.29) is 12.0 Å². The SMILES string of the molecule is CN1C(=O)C(=O)N(CC(=O)Cc2ccccc2F)C1=O. The summed E-state index contributed by atoms with van der Waals surface area (Å²) < 4.78 is 13.4. The van der Waals surface area contributed by atoms with Crippen LogP contribution in [0.1, 0.15) is 5.56 Å². The van der Waals surface area contributed by atoms with Gasteiger partial charge in [0.25, 0.3) is 0 Å². The minimum absolute atomic E-state index is 0.177. The third-order valence-corrected chi connectivity index (χ3v) is 2.93. The van der Waals surface area contributed by atoms with E-state index in [4.69, 9.17) is 0 Å². The number of imide groups is 2. The molecule has 0 radical (unpaired) electrons. The van der Waals surface area contributed by atoms with Crippen LogP contribution >= 0.6 is 0 Å². The summed E-state index contributed by atoms with van der Waals surface area (Å²) in [6, 6.07) is 4.88. The Morgan fingerprint density at radius 3 is 2.35 bits per heavy atom. The van der Waals surface area contributed by atoms with Gasteiger partial charge in [-0.2, -0.15) is 0 Å². The van der Waals surface area contributed by atoms with Crippen molar-refractivity contribution in [1.29, 1.82) is 0 Å². The smallest absolute Gasteiger partial charge is 0.297 e. The molecular weight excluding hydrogens is 267 g/mol. The number of carbonyl (C=O) groups excluding carboxylic acids is 4. The molecule has 0 bridgehead atoms. The third-order valence-electron chi connectivity index (χ3n) is 2.93. The molecule has 4 amide bonds. The molecule has 0 aromatic heterocycles. The number of urea groups is 1. The number of hydrogen-bond acceptors (Lipinski definition) is 4. The van der Waals surface area contributed by atoms with Gasteiger partial charge in [-0.1, -0.05) is 18.2 Å². The van der Waals surface area contributed by atoms with Crippen molar-refractivity contribution in [2.45, 2.75) is 6.42 Å². The van der Waals surface area contributed by atoms with E-state index in [2.05, 4.69) is 0 Å². The molecule has 0 atom stereocenters. The minimum Gasteiger partial charge on any atom is -0.297 e. The van der Waals surface area contributed by atoms with Crippen LogP contribution in [0.4, 0.5) is 9.18 Å². The molecule has 0 spiro atoms. The van der Waals surface area contributed by atoms with Gasteiger partial charge in [0.15, 0.2) is 5.78 Å². The van der Waals surface area contributed by atoms with Crippen molar-refractivity contribution in [3.63, 3.8) is 0 Å². The zero-order valence-electron chi connectivity index (χ0n) is 10.6. The lowest BCUT2D eigenvalue weighted by molar-refractivity contribution is -0.143. The average molecular weight is 278 g/mol. The van der Waals surface area contributed by atoms with Crippen LogP contribution in [-0.2, 0) is 20.8 Å². The van der Waals surface area contributed by atoms with Gasteiger partial charge < -0.3 is 0 Å². The first-order chi connectivity index (χ1) is 9.41. The van der Waals surface area contributed by atoms with Crippen LogP contribution in [0.15, 0.2) is 24.3 Å². The first kappa shape index (κ1) is 13.9. The molecule has 2 rings (SSSR count). The fraction of sp³-hybridized carbons (Fsp3) is 0.231. The lowest BCUT2D eigenvalue weighted by Gasteiger charge is -2.11. The molecular formula is C13H11FN2O4. The van der Waals surface area contributed by atoms with Gasteiger partial charge in [0, 0.05) is 13.5 Å². The Balaban J connectivity index is 2.06. The molecule has 104 valence electrons. The van der Waals surface area contributed by atoms with Crippen molar-refractivity contribution in [3.05, 3.63) is 35.6 Å². The molecule has 7 heteroatoms. The number of benzene rings is 1. The Bertz CT molecular complexity index is 614. The van der Waals surface area contributed by atoms with Crippen LogP contribution in [0.2, 0.25) is 0 Å². The van der Waals surface area contributed by atoms with E-state index < -0.39 is 36.0 Å². The number of carbonyl (C=O) groups is 4. The summed E-state index contributed by atoms with van der Waals surface area (Å²) in [5.41, 5.74) is 0.177. The highest BCUT2D eigenvalue weighted by molar-refractivity contribution is 6.44. The first-order valence-electron chi connectivity index (χ1n) is 5.80. The van der Waals surface area contributed by atoms with Crippen molar-refractivity contribution < 1.29 is 23.6 Å². The Hall–Kier alpha value is -2.57. The topological polar surface area (TPSA) is 74.8 Å². The predicted octanol–water partition coefficient (Wildman–Crippen LogP) is 0.358. The summed E-state index contributed by atoms with van der Waals surface area (Å²) in [5, 5.41) is 0. The molecule has 0 N–H and O–H groups in total. The largest absolute Gasteiger partial charge is 0.334 e. The van der Waals surface area contributed by atoms with Crippen molar-refractivity contribution in [1.82, 2.24) is 9.80 Å². The van der Waals surface area contributed by atoms with Crippen LogP contribution in [0.5, 0.6) is 0 Å². The van der Waals surface area contributed by atoms with Crippen LogP contribution in [0.25, 0.3) is 0 Å². The van der Waals surface area contributed by atoms with E-state index in [0.29, 0.717) is 9.80 Å². The van der Waals surface area contributed by atoms with E-state index in [1.54, 1.807) is 6.07 Å². The standard InChI is InChI=1S/C13H11FN2O4/c1-15-11(18)12(19)16(13(15)20)7-9(17)6-8-4-2-3-5-10(8)14/h2-5H,6-7H2,1H3. The number of ketones is 1. The van der Waals surface area contributed by atoms with Crippen LogP contribution in [0, 0.1) is 5.82 Å². The fourth-order valence-corrected chi connectivity index (χ4v) is 1.84. The van der Waals surface area contributed by atoms with E-state index in [9.17, 15) is 23.6 Å². The average Bonchev–Trinajstić information content (AvgIpc) is 2.59. The molecule has 6 nitrogen and oxygen atoms in total. The van der Waals surface area contributed by atoms with Crippen molar-refractivity contribution in [2.24, 2.45) is 0 Å². The summed E-state index contributed by atoms with van der Waals surface area (Å²) in [6.45, 7) is -0.540. The monoisotopic (exact) mass is 278 g/mol. The van der Waals surface area contributed by atoms with Gasteiger partial charge in [-0.25, -0.2) is 14.1 Å². The van der Waals surface area contributed by atoms with Crippen molar-refractivity contribution in [3.8, 4) is 0 Å². The molecule has 0 saturated carbocycles. The number of amides is 4. The maximum atomic E-state index is 13.4. The molecule has 1 aromatic rings. The Kier molecular flexibility index (Phi) is 3.60. The number of Topliss-reactive ketones (excluding diaryl/α,β-unsaturated/α-hetero) is 1. The van der Waals surface area contributed by atoms with Crippen molar-refractivity contribution >= 4 is 23.6 Å². The van der Waals surface area contributed by atoms with Gasteiger partial charge >= 0.3 is 17.8 Å². The molecule has 1 aliphatic heterocycles. The molecule has 0 unspecified atom stereocenters. The summed E-state index contributed by atoms with van der Waals surface area (Å²) in [4.78, 5) is 47.3. The highest BCUT2D eigenvalue weighted by Crippen LogP contribution is 2.12. The van der Waals surface area contributed by atoms with E-state index in [0.717, 1.165) is 7.05 Å². The van der Waals surface area contributed by atoms with E-state index in [1.807, 2.05) is 0 Å². The van der Waals surface area contributed by atoms with Gasteiger partial charge in [-0.3, -0.25) is 19.3 Å². The van der Waals surface area contributed by atoms with Gasteiger partial charge in [0.2, 0.25) is 0 Å². The molecule has 0 aliphatic carbocycles. The number of halogens is 1. The lowest BCUT2D eigenvalue weighted by atomic mass is 10.1. The number of nitrogens with zero attached hydrogens (tertiary/aromatic N) is 2. The highest BCUT2D eigenvalue weighted by Gasteiger charge is 2.42. The predicted molar refractivity (Wildman–Crippen MR) is 65.0 cm³/mol. The highest BCUT2D eigenvalue weighted by atomic mass is 19.1. The maximum absolute atomic E-state index is 13.4. The van der Waals surface area contributed by atoms with Crippen LogP contribution in [-0.4, -0.2) is 47.0 Å². The molecule has 1 aliphatic rings. The van der Waals surface area contributed by atoms with Gasteiger partial charge in [0.1, 0.15) is 5.82 Å². The molecule has 1 heterocycles. The number of likely N-dealkylation sites (N-methyl/N-ethyl adjacent to an activating group) is 1. The lowest BCUT2D eigenvalue weighted by Crippen LogP contribution is -2.36. The second-order valence-corrected chi connectivity index (χ2v) is 4.34.